The Hall–Kier alpha value is -0.900. The Morgan fingerprint density at radius 3 is 2.62 bits per heavy atom. The van der Waals surface area contributed by atoms with Crippen LogP contribution < -0.4 is 5.73 Å². The molecule has 0 spiro atoms. The molecule has 0 fully saturated rings. The van der Waals surface area contributed by atoms with Crippen molar-refractivity contribution in [2.24, 2.45) is 5.73 Å². The number of carboxylic acids is 1. The highest BCUT2D eigenvalue weighted by Gasteiger charge is 2.07. The van der Waals surface area contributed by atoms with Gasteiger partial charge >= 0.3 is 5.97 Å². The Kier molecular flexibility index (Phi) is 2.79. The first-order valence-corrected chi connectivity index (χ1v) is 2.15. The molecule has 0 saturated heterocycles. The van der Waals surface area contributed by atoms with Crippen LogP contribution in [-0.2, 0) is 4.79 Å². The van der Waals surface area contributed by atoms with Crippen molar-refractivity contribution in [3.63, 3.8) is 0 Å². The number of hydrogen-bond donors (Lipinski definition) is 3. The zero-order valence-corrected chi connectivity index (χ0v) is 4.29. The van der Waals surface area contributed by atoms with Gasteiger partial charge in [-0.3, -0.25) is 4.79 Å². The van der Waals surface area contributed by atoms with Crippen molar-refractivity contribution in [2.45, 2.75) is 12.5 Å². The fourth-order valence-corrected chi connectivity index (χ4v) is 0.228. The monoisotopic (exact) mass is 116 g/mol. The van der Waals surface area contributed by atoms with E-state index < -0.39 is 12.0 Å². The van der Waals surface area contributed by atoms with Crippen molar-refractivity contribution in [2.75, 3.05) is 0 Å². The van der Waals surface area contributed by atoms with E-state index in [2.05, 4.69) is 0 Å². The number of nitrogens with one attached hydrogen (secondary N) is 1. The first kappa shape index (κ1) is 7.10. The standard InChI is InChI=1S/C4H8N2O2/c5-2-1-3(6)4(7)8/h2-3,5H,1,6H2,(H,7,8)/t3-/m0/s1. The lowest BCUT2D eigenvalue weighted by atomic mass is 10.2. The molecule has 8 heavy (non-hydrogen) atoms. The molecule has 0 aromatic carbocycles. The van der Waals surface area contributed by atoms with Gasteiger partial charge in [0, 0.05) is 6.42 Å². The van der Waals surface area contributed by atoms with Crippen LogP contribution in [0.5, 0.6) is 0 Å². The third kappa shape index (κ3) is 2.30. The summed E-state index contributed by atoms with van der Waals surface area (Å²) in [6.07, 6.45) is 1.09. The van der Waals surface area contributed by atoms with E-state index in [0.29, 0.717) is 0 Å². The zero-order valence-electron chi connectivity index (χ0n) is 4.29. The van der Waals surface area contributed by atoms with Crippen molar-refractivity contribution in [3.05, 3.63) is 0 Å². The molecule has 0 rings (SSSR count). The molecular weight excluding hydrogens is 108 g/mol. The van der Waals surface area contributed by atoms with E-state index in [1.807, 2.05) is 0 Å². The largest absolute Gasteiger partial charge is 0.480 e. The predicted molar refractivity (Wildman–Crippen MR) is 29.0 cm³/mol. The fourth-order valence-electron chi connectivity index (χ4n) is 0.228. The summed E-state index contributed by atoms with van der Waals surface area (Å²) in [5.41, 5.74) is 4.98. The summed E-state index contributed by atoms with van der Waals surface area (Å²) in [5.74, 6) is -1.06. The predicted octanol–water partition coefficient (Wildman–Crippen LogP) is -0.562. The van der Waals surface area contributed by atoms with E-state index in [4.69, 9.17) is 16.2 Å². The minimum Gasteiger partial charge on any atom is -0.480 e. The second kappa shape index (κ2) is 3.15. The van der Waals surface area contributed by atoms with E-state index in [1.54, 1.807) is 0 Å². The summed E-state index contributed by atoms with van der Waals surface area (Å²) in [5, 5.41) is 14.5. The van der Waals surface area contributed by atoms with E-state index in [9.17, 15) is 4.79 Å². The molecule has 0 heterocycles. The molecule has 0 radical (unpaired) electrons. The molecule has 4 N–H and O–H groups in total. The van der Waals surface area contributed by atoms with Gasteiger partial charge in [-0.05, 0) is 6.21 Å². The van der Waals surface area contributed by atoms with Crippen molar-refractivity contribution in [1.29, 1.82) is 5.41 Å². The summed E-state index contributed by atoms with van der Waals surface area (Å²) >= 11 is 0. The molecule has 0 saturated carbocycles. The van der Waals surface area contributed by atoms with Crippen molar-refractivity contribution >= 4 is 12.2 Å². The molecule has 0 aliphatic rings. The molecule has 4 nitrogen and oxygen atoms in total. The Labute approximate surface area is 46.8 Å². The Morgan fingerprint density at radius 2 is 2.50 bits per heavy atom. The van der Waals surface area contributed by atoms with Crippen LogP contribution in [0.25, 0.3) is 0 Å². The molecule has 1 atom stereocenters. The van der Waals surface area contributed by atoms with Gasteiger partial charge in [-0.2, -0.15) is 0 Å². The van der Waals surface area contributed by atoms with Crippen molar-refractivity contribution in [3.8, 4) is 0 Å². The van der Waals surface area contributed by atoms with Gasteiger partial charge in [-0.15, -0.1) is 0 Å². The van der Waals surface area contributed by atoms with Crippen LogP contribution in [-0.4, -0.2) is 23.3 Å². The smallest absolute Gasteiger partial charge is 0.320 e. The Morgan fingerprint density at radius 1 is 2.00 bits per heavy atom. The Bertz CT molecular complexity index is 102. The quantitative estimate of drug-likeness (QED) is 0.432. The van der Waals surface area contributed by atoms with Gasteiger partial charge < -0.3 is 16.2 Å². The van der Waals surface area contributed by atoms with Gasteiger partial charge in [0.05, 0.1) is 0 Å². The van der Waals surface area contributed by atoms with Crippen LogP contribution >= 0.6 is 0 Å². The van der Waals surface area contributed by atoms with Gasteiger partial charge in [-0.1, -0.05) is 0 Å². The van der Waals surface area contributed by atoms with Gasteiger partial charge in [0.2, 0.25) is 0 Å². The first-order chi connectivity index (χ1) is 3.68. The Balaban J connectivity index is 3.46. The van der Waals surface area contributed by atoms with Gasteiger partial charge in [0.1, 0.15) is 6.04 Å². The average molecular weight is 116 g/mol. The second-order valence-electron chi connectivity index (χ2n) is 1.38. The molecule has 4 heteroatoms. The third-order valence-corrected chi connectivity index (χ3v) is 0.689. The maximum atomic E-state index is 9.86. The van der Waals surface area contributed by atoms with Crippen LogP contribution in [0.2, 0.25) is 0 Å². The van der Waals surface area contributed by atoms with E-state index in [0.717, 1.165) is 6.21 Å². The molecule has 0 aliphatic heterocycles. The SMILES string of the molecule is N=CC[C@H](N)C(=O)O. The molecule has 0 aliphatic carbocycles. The van der Waals surface area contributed by atoms with Crippen LogP contribution in [0.3, 0.4) is 0 Å². The number of aliphatic carboxylic acids is 1. The molecule has 0 bridgehead atoms. The molecule has 0 unspecified atom stereocenters. The normalized spacial score (nSPS) is 12.6. The summed E-state index contributed by atoms with van der Waals surface area (Å²) in [7, 11) is 0. The number of hydrogen-bond acceptors (Lipinski definition) is 3. The summed E-state index contributed by atoms with van der Waals surface area (Å²) in [4.78, 5) is 9.86. The minimum atomic E-state index is -1.06. The van der Waals surface area contributed by atoms with E-state index >= 15 is 0 Å². The van der Waals surface area contributed by atoms with E-state index in [1.165, 1.54) is 0 Å². The molecule has 46 valence electrons. The fraction of sp³-hybridized carbons (Fsp3) is 0.500. The third-order valence-electron chi connectivity index (χ3n) is 0.689. The van der Waals surface area contributed by atoms with Gasteiger partial charge in [0.15, 0.2) is 0 Å². The highest BCUT2D eigenvalue weighted by Crippen LogP contribution is 1.81. The zero-order chi connectivity index (χ0) is 6.57. The molecule has 0 aromatic heterocycles. The lowest BCUT2D eigenvalue weighted by Gasteiger charge is -1.97. The topological polar surface area (TPSA) is 87.2 Å². The maximum absolute atomic E-state index is 9.86. The highest BCUT2D eigenvalue weighted by atomic mass is 16.4. The second-order valence-corrected chi connectivity index (χ2v) is 1.38. The van der Waals surface area contributed by atoms with Gasteiger partial charge in [-0.25, -0.2) is 0 Å². The lowest BCUT2D eigenvalue weighted by Crippen LogP contribution is -2.29. The number of carboxylic acid groups (broad SMARTS) is 1. The van der Waals surface area contributed by atoms with Crippen LogP contribution in [0, 0.1) is 5.41 Å². The maximum Gasteiger partial charge on any atom is 0.320 e. The highest BCUT2D eigenvalue weighted by molar-refractivity contribution is 5.76. The summed E-state index contributed by atoms with van der Waals surface area (Å²) < 4.78 is 0. The van der Waals surface area contributed by atoms with Crippen LogP contribution in [0.1, 0.15) is 6.42 Å². The van der Waals surface area contributed by atoms with E-state index in [-0.39, 0.29) is 6.42 Å². The summed E-state index contributed by atoms with van der Waals surface area (Å²) in [6.45, 7) is 0. The van der Waals surface area contributed by atoms with Crippen molar-refractivity contribution < 1.29 is 9.90 Å². The minimum absolute atomic E-state index is 0.106. The first-order valence-electron chi connectivity index (χ1n) is 2.15. The molecule has 0 aromatic rings. The van der Waals surface area contributed by atoms with Crippen LogP contribution in [0.4, 0.5) is 0 Å². The molecule has 0 amide bonds. The number of carbonyl (C=O) groups is 1. The van der Waals surface area contributed by atoms with Gasteiger partial charge in [0.25, 0.3) is 0 Å². The number of nitrogens with two attached hydrogens (primary N) is 1. The average Bonchev–Trinajstić information content (AvgIpc) is 1.67. The van der Waals surface area contributed by atoms with Crippen LogP contribution in [0.15, 0.2) is 0 Å². The lowest BCUT2D eigenvalue weighted by molar-refractivity contribution is -0.138. The summed E-state index contributed by atoms with van der Waals surface area (Å²) in [6, 6.07) is -0.910. The molecular formula is C4H8N2O2. The number of rotatable bonds is 3. The van der Waals surface area contributed by atoms with Crippen molar-refractivity contribution in [1.82, 2.24) is 0 Å².